The topological polar surface area (TPSA) is 145 Å². The first kappa shape index (κ1) is 23.4. The number of anilines is 1. The summed E-state index contributed by atoms with van der Waals surface area (Å²) >= 11 is 0. The van der Waals surface area contributed by atoms with Crippen molar-refractivity contribution in [1.29, 1.82) is 0 Å². The van der Waals surface area contributed by atoms with Crippen molar-refractivity contribution in [1.82, 2.24) is 4.72 Å². The number of nitro groups is 1. The van der Waals surface area contributed by atoms with E-state index in [-0.39, 0.29) is 28.5 Å². The molecule has 2 aromatic rings. The van der Waals surface area contributed by atoms with Crippen LogP contribution in [0.5, 0.6) is 0 Å². The molecule has 11 heteroatoms. The Morgan fingerprint density at radius 1 is 1.22 bits per heavy atom. The van der Waals surface area contributed by atoms with Crippen molar-refractivity contribution >= 4 is 33.3 Å². The molecule has 10 nitrogen and oxygen atoms in total. The molecule has 0 bridgehead atoms. The summed E-state index contributed by atoms with van der Waals surface area (Å²) in [4.78, 5) is 34.6. The second-order valence-corrected chi connectivity index (χ2v) is 9.31. The fourth-order valence-corrected chi connectivity index (χ4v) is 4.69. The molecular formula is C21H23N3O7S. The number of carbonyl (C=O) groups is 2. The number of esters is 1. The van der Waals surface area contributed by atoms with E-state index in [1.807, 2.05) is 0 Å². The average molecular weight is 461 g/mol. The minimum absolute atomic E-state index is 0.0482. The van der Waals surface area contributed by atoms with Gasteiger partial charge in [0.1, 0.15) is 0 Å². The van der Waals surface area contributed by atoms with Gasteiger partial charge < -0.3 is 10.1 Å². The Kier molecular flexibility index (Phi) is 6.90. The van der Waals surface area contributed by atoms with Crippen molar-refractivity contribution in [3.63, 3.8) is 0 Å². The summed E-state index contributed by atoms with van der Waals surface area (Å²) in [6.07, 6.45) is -0.229. The maximum Gasteiger partial charge on any atom is 0.308 e. The van der Waals surface area contributed by atoms with Crippen molar-refractivity contribution in [2.24, 2.45) is 0 Å². The standard InChI is InChI=1S/C21H23N3O7S/c1-13(2)31-21(26)12-18(16-5-3-4-6-19(16)24(27)28)23-32(29,30)15-8-9-17-14(11-15)7-10-20(25)22-17/h3-6,8-9,11,13,18,23H,7,10,12H2,1-2H3,(H,22,25). The highest BCUT2D eigenvalue weighted by atomic mass is 32.2. The van der Waals surface area contributed by atoms with Crippen LogP contribution in [0.4, 0.5) is 11.4 Å². The SMILES string of the molecule is CC(C)OC(=O)CC(NS(=O)(=O)c1ccc2c(c1)CCC(=O)N2)c1ccccc1[N+](=O)[O-]. The lowest BCUT2D eigenvalue weighted by Gasteiger charge is -2.21. The van der Waals surface area contributed by atoms with Crippen molar-refractivity contribution in [3.8, 4) is 0 Å². The van der Waals surface area contributed by atoms with E-state index in [1.54, 1.807) is 13.8 Å². The molecule has 0 radical (unpaired) electrons. The summed E-state index contributed by atoms with van der Waals surface area (Å²) in [6, 6.07) is 8.67. The second kappa shape index (κ2) is 9.45. The van der Waals surface area contributed by atoms with Crippen molar-refractivity contribution < 1.29 is 27.7 Å². The van der Waals surface area contributed by atoms with E-state index in [2.05, 4.69) is 10.0 Å². The summed E-state index contributed by atoms with van der Waals surface area (Å²) in [7, 11) is -4.16. The number of rotatable bonds is 8. The third kappa shape index (κ3) is 5.48. The van der Waals surface area contributed by atoms with Crippen molar-refractivity contribution in [2.75, 3.05) is 5.32 Å². The van der Waals surface area contributed by atoms with Gasteiger partial charge in [0.25, 0.3) is 5.69 Å². The number of sulfonamides is 1. The van der Waals surface area contributed by atoms with Crippen LogP contribution in [-0.2, 0) is 30.8 Å². The summed E-state index contributed by atoms with van der Waals surface area (Å²) in [5, 5.41) is 14.2. The maximum absolute atomic E-state index is 13.1. The molecule has 32 heavy (non-hydrogen) atoms. The number of ether oxygens (including phenoxy) is 1. The maximum atomic E-state index is 13.1. The minimum atomic E-state index is -4.16. The van der Waals surface area contributed by atoms with E-state index < -0.39 is 39.5 Å². The van der Waals surface area contributed by atoms with Crippen molar-refractivity contribution in [3.05, 3.63) is 63.7 Å². The van der Waals surface area contributed by atoms with Gasteiger partial charge in [0.2, 0.25) is 15.9 Å². The van der Waals surface area contributed by atoms with E-state index in [9.17, 15) is 28.1 Å². The van der Waals surface area contributed by atoms with Crippen LogP contribution in [-0.4, -0.2) is 31.3 Å². The Morgan fingerprint density at radius 3 is 2.62 bits per heavy atom. The largest absolute Gasteiger partial charge is 0.463 e. The Labute approximate surface area is 185 Å². The van der Waals surface area contributed by atoms with Crippen LogP contribution in [0.3, 0.4) is 0 Å². The third-order valence-electron chi connectivity index (χ3n) is 4.83. The van der Waals surface area contributed by atoms with Crippen LogP contribution in [0, 0.1) is 10.1 Å². The van der Waals surface area contributed by atoms with Gasteiger partial charge in [-0.25, -0.2) is 13.1 Å². The fourth-order valence-electron chi connectivity index (χ4n) is 3.42. The van der Waals surface area contributed by atoms with Crippen molar-refractivity contribution in [2.45, 2.75) is 50.2 Å². The van der Waals surface area contributed by atoms with Gasteiger partial charge in [0.15, 0.2) is 0 Å². The fraction of sp³-hybridized carbons (Fsp3) is 0.333. The van der Waals surface area contributed by atoms with Gasteiger partial charge in [-0.1, -0.05) is 18.2 Å². The second-order valence-electron chi connectivity index (χ2n) is 7.60. The van der Waals surface area contributed by atoms with Crippen LogP contribution < -0.4 is 10.0 Å². The Balaban J connectivity index is 1.96. The number of nitro benzene ring substituents is 1. The molecule has 1 aliphatic rings. The number of aryl methyl sites for hydroxylation is 1. The minimum Gasteiger partial charge on any atom is -0.463 e. The summed E-state index contributed by atoms with van der Waals surface area (Å²) in [6.45, 7) is 3.29. The Hall–Kier alpha value is -3.31. The molecule has 0 saturated carbocycles. The molecule has 2 aromatic carbocycles. The number of nitrogens with one attached hydrogen (secondary N) is 2. The predicted octanol–water partition coefficient (Wildman–Crippen LogP) is 2.84. The van der Waals surface area contributed by atoms with Gasteiger partial charge in [-0.2, -0.15) is 0 Å². The lowest BCUT2D eigenvalue weighted by Crippen LogP contribution is -2.32. The number of para-hydroxylation sites is 1. The van der Waals surface area contributed by atoms with Gasteiger partial charge in [0.05, 0.1) is 28.4 Å². The summed E-state index contributed by atoms with van der Waals surface area (Å²) in [5.41, 5.74) is 0.933. The summed E-state index contributed by atoms with van der Waals surface area (Å²) in [5.74, 6) is -0.842. The Morgan fingerprint density at radius 2 is 1.94 bits per heavy atom. The third-order valence-corrected chi connectivity index (χ3v) is 6.30. The zero-order valence-corrected chi connectivity index (χ0v) is 18.3. The molecule has 0 fully saturated rings. The highest BCUT2D eigenvalue weighted by Crippen LogP contribution is 2.30. The number of hydrogen-bond donors (Lipinski definition) is 2. The van der Waals surface area contributed by atoms with Gasteiger partial charge in [0, 0.05) is 23.7 Å². The van der Waals surface area contributed by atoms with E-state index >= 15 is 0 Å². The van der Waals surface area contributed by atoms with E-state index in [0.717, 1.165) is 0 Å². The highest BCUT2D eigenvalue weighted by molar-refractivity contribution is 7.89. The lowest BCUT2D eigenvalue weighted by molar-refractivity contribution is -0.385. The lowest BCUT2D eigenvalue weighted by atomic mass is 10.0. The highest BCUT2D eigenvalue weighted by Gasteiger charge is 2.30. The number of carbonyl (C=O) groups excluding carboxylic acids is 2. The van der Waals surface area contributed by atoms with Crippen LogP contribution in [0.1, 0.15) is 43.9 Å². The zero-order valence-electron chi connectivity index (χ0n) is 17.5. The molecule has 2 N–H and O–H groups in total. The molecule has 1 aliphatic heterocycles. The first-order valence-corrected chi connectivity index (χ1v) is 11.4. The number of fused-ring (bicyclic) bond motifs is 1. The van der Waals surface area contributed by atoms with Gasteiger partial charge >= 0.3 is 5.97 Å². The normalized spacial score (nSPS) is 14.4. The molecule has 1 heterocycles. The first-order valence-electron chi connectivity index (χ1n) is 9.94. The van der Waals surface area contributed by atoms with Crippen LogP contribution in [0.25, 0.3) is 0 Å². The van der Waals surface area contributed by atoms with E-state index in [4.69, 9.17) is 4.74 Å². The predicted molar refractivity (Wildman–Crippen MR) is 115 cm³/mol. The monoisotopic (exact) mass is 461 g/mol. The smallest absolute Gasteiger partial charge is 0.308 e. The number of hydrogen-bond acceptors (Lipinski definition) is 7. The van der Waals surface area contributed by atoms with E-state index in [1.165, 1.54) is 42.5 Å². The Bertz CT molecular complexity index is 1160. The molecular weight excluding hydrogens is 438 g/mol. The summed E-state index contributed by atoms with van der Waals surface area (Å²) < 4.78 is 33.8. The van der Waals surface area contributed by atoms with Gasteiger partial charge in [-0.3, -0.25) is 19.7 Å². The van der Waals surface area contributed by atoms with Crippen LogP contribution in [0.2, 0.25) is 0 Å². The van der Waals surface area contributed by atoms with Crippen LogP contribution >= 0.6 is 0 Å². The number of nitrogens with zero attached hydrogens (tertiary/aromatic N) is 1. The van der Waals surface area contributed by atoms with Gasteiger partial charge in [-0.05, 0) is 44.0 Å². The molecule has 0 saturated heterocycles. The molecule has 0 aliphatic carbocycles. The number of benzene rings is 2. The van der Waals surface area contributed by atoms with Gasteiger partial charge in [-0.15, -0.1) is 0 Å². The molecule has 0 spiro atoms. The molecule has 0 aromatic heterocycles. The number of amides is 1. The molecule has 1 atom stereocenters. The first-order chi connectivity index (χ1) is 15.1. The molecule has 1 unspecified atom stereocenters. The quantitative estimate of drug-likeness (QED) is 0.349. The molecule has 170 valence electrons. The molecule has 3 rings (SSSR count). The average Bonchev–Trinajstić information content (AvgIpc) is 2.72. The molecule has 1 amide bonds. The zero-order chi connectivity index (χ0) is 23.5. The van der Waals surface area contributed by atoms with Crippen LogP contribution in [0.15, 0.2) is 47.4 Å². The van der Waals surface area contributed by atoms with E-state index in [0.29, 0.717) is 17.7 Å².